The van der Waals surface area contributed by atoms with E-state index < -0.39 is 0 Å². The van der Waals surface area contributed by atoms with Crippen molar-refractivity contribution >= 4 is 11.4 Å². The van der Waals surface area contributed by atoms with E-state index in [1.165, 1.54) is 30.5 Å². The van der Waals surface area contributed by atoms with Crippen molar-refractivity contribution in [3.8, 4) is 0 Å². The van der Waals surface area contributed by atoms with Gasteiger partial charge in [-0.2, -0.15) is 0 Å². The number of fused-ring (bicyclic) bond motifs is 1. The van der Waals surface area contributed by atoms with Crippen LogP contribution in [0.4, 0.5) is 8.78 Å². The van der Waals surface area contributed by atoms with Crippen molar-refractivity contribution in [3.05, 3.63) is 113 Å². The van der Waals surface area contributed by atoms with Gasteiger partial charge in [0.1, 0.15) is 17.8 Å². The summed E-state index contributed by atoms with van der Waals surface area (Å²) in [4.78, 5) is 1.96. The van der Waals surface area contributed by atoms with E-state index in [-0.39, 0.29) is 23.5 Å². The van der Waals surface area contributed by atoms with Gasteiger partial charge < -0.3 is 16.0 Å². The van der Waals surface area contributed by atoms with Crippen molar-refractivity contribution in [2.75, 3.05) is 0 Å². The number of rotatable bonds is 4. The van der Waals surface area contributed by atoms with Crippen LogP contribution in [-0.4, -0.2) is 16.8 Å². The summed E-state index contributed by atoms with van der Waals surface area (Å²) in [6.45, 7) is 0. The first kappa shape index (κ1) is 17.7. The molecule has 0 amide bonds. The minimum Gasteiger partial charge on any atom is -0.404 e. The molecule has 2 heterocycles. The van der Waals surface area contributed by atoms with Crippen molar-refractivity contribution in [2.24, 2.45) is 5.73 Å². The highest BCUT2D eigenvalue weighted by Crippen LogP contribution is 2.31. The summed E-state index contributed by atoms with van der Waals surface area (Å²) in [6, 6.07) is 12.1. The molecule has 4 rings (SSSR count). The van der Waals surface area contributed by atoms with Crippen LogP contribution < -0.4 is 11.1 Å². The highest BCUT2D eigenvalue weighted by atomic mass is 19.1. The van der Waals surface area contributed by atoms with Crippen LogP contribution in [0.5, 0.6) is 0 Å². The maximum absolute atomic E-state index is 13.7. The van der Waals surface area contributed by atoms with E-state index in [1.54, 1.807) is 18.2 Å². The lowest BCUT2D eigenvalue weighted by Crippen LogP contribution is -2.33. The van der Waals surface area contributed by atoms with E-state index in [2.05, 4.69) is 5.32 Å². The first-order valence-electron chi connectivity index (χ1n) is 8.74. The smallest absolute Gasteiger partial charge is 0.123 e. The highest BCUT2D eigenvalue weighted by Gasteiger charge is 2.27. The van der Waals surface area contributed by atoms with Gasteiger partial charge in [0.25, 0.3) is 0 Å². The molecule has 0 saturated heterocycles. The summed E-state index contributed by atoms with van der Waals surface area (Å²) in [5, 5.41) is 11.7. The summed E-state index contributed by atoms with van der Waals surface area (Å²) in [7, 11) is 0. The molecule has 0 fully saturated rings. The fourth-order valence-corrected chi connectivity index (χ4v) is 3.29. The van der Waals surface area contributed by atoms with Gasteiger partial charge in [0.05, 0.1) is 11.4 Å². The van der Waals surface area contributed by atoms with Crippen LogP contribution in [0.3, 0.4) is 0 Å². The SMILES string of the molecule is N=C(/C(=C\N)C1=CN2C(c3cccc(F)c3)=CNC2C=C1)c1ccc(F)cc1. The van der Waals surface area contributed by atoms with Gasteiger partial charge in [-0.05, 0) is 42.5 Å². The third-order valence-corrected chi connectivity index (χ3v) is 4.71. The van der Waals surface area contributed by atoms with E-state index in [1.807, 2.05) is 35.5 Å². The summed E-state index contributed by atoms with van der Waals surface area (Å²) in [5.41, 5.74) is 9.40. The average Bonchev–Trinajstić information content (AvgIpc) is 3.12. The Morgan fingerprint density at radius 2 is 1.89 bits per heavy atom. The summed E-state index contributed by atoms with van der Waals surface area (Å²) in [5.74, 6) is -0.665. The number of nitrogens with zero attached hydrogens (tertiary/aromatic N) is 1. The predicted octanol–water partition coefficient (Wildman–Crippen LogP) is 3.86. The Morgan fingerprint density at radius 1 is 1.11 bits per heavy atom. The lowest BCUT2D eigenvalue weighted by Gasteiger charge is -2.28. The molecule has 6 heteroatoms. The van der Waals surface area contributed by atoms with Crippen molar-refractivity contribution < 1.29 is 8.78 Å². The first-order chi connectivity index (χ1) is 13.6. The van der Waals surface area contributed by atoms with Gasteiger partial charge in [0, 0.05) is 40.9 Å². The molecule has 28 heavy (non-hydrogen) atoms. The predicted molar refractivity (Wildman–Crippen MR) is 106 cm³/mol. The first-order valence-corrected chi connectivity index (χ1v) is 8.74. The van der Waals surface area contributed by atoms with Crippen LogP contribution >= 0.6 is 0 Å². The molecular weight excluding hydrogens is 358 g/mol. The quantitative estimate of drug-likeness (QED) is 0.710. The Balaban J connectivity index is 1.65. The van der Waals surface area contributed by atoms with Crippen LogP contribution in [0, 0.1) is 17.0 Å². The number of hydrogen-bond donors (Lipinski definition) is 3. The molecule has 140 valence electrons. The monoisotopic (exact) mass is 376 g/mol. The molecule has 1 atom stereocenters. The van der Waals surface area contributed by atoms with Crippen LogP contribution in [-0.2, 0) is 0 Å². The fourth-order valence-electron chi connectivity index (χ4n) is 3.29. The van der Waals surface area contributed by atoms with Crippen LogP contribution in [0.1, 0.15) is 11.1 Å². The highest BCUT2D eigenvalue weighted by molar-refractivity contribution is 6.13. The Kier molecular flexibility index (Phi) is 4.53. The van der Waals surface area contributed by atoms with Crippen molar-refractivity contribution in [1.82, 2.24) is 10.2 Å². The van der Waals surface area contributed by atoms with Crippen molar-refractivity contribution in [2.45, 2.75) is 6.17 Å². The molecule has 2 aromatic rings. The molecule has 4 nitrogen and oxygen atoms in total. The van der Waals surface area contributed by atoms with Gasteiger partial charge in [-0.15, -0.1) is 0 Å². The van der Waals surface area contributed by atoms with E-state index in [9.17, 15) is 8.78 Å². The largest absolute Gasteiger partial charge is 0.404 e. The molecule has 0 aliphatic carbocycles. The van der Waals surface area contributed by atoms with Gasteiger partial charge in [0.2, 0.25) is 0 Å². The summed E-state index contributed by atoms with van der Waals surface area (Å²) in [6.07, 6.45) is 8.81. The van der Waals surface area contributed by atoms with Gasteiger partial charge in [-0.3, -0.25) is 5.41 Å². The molecule has 1 unspecified atom stereocenters. The van der Waals surface area contributed by atoms with Crippen LogP contribution in [0.25, 0.3) is 5.70 Å². The molecule has 0 saturated carbocycles. The molecule has 2 aliphatic rings. The Hall–Kier alpha value is -3.67. The van der Waals surface area contributed by atoms with E-state index in [4.69, 9.17) is 11.1 Å². The molecule has 0 radical (unpaired) electrons. The molecule has 2 aromatic carbocycles. The Morgan fingerprint density at radius 3 is 2.61 bits per heavy atom. The van der Waals surface area contributed by atoms with Gasteiger partial charge in [0.15, 0.2) is 0 Å². The molecule has 0 aromatic heterocycles. The molecule has 0 bridgehead atoms. The van der Waals surface area contributed by atoms with Gasteiger partial charge in [-0.25, -0.2) is 8.78 Å². The molecule has 2 aliphatic heterocycles. The number of halogens is 2. The normalized spacial score (nSPS) is 18.3. The third-order valence-electron chi connectivity index (χ3n) is 4.71. The Bertz CT molecular complexity index is 1050. The average molecular weight is 376 g/mol. The van der Waals surface area contributed by atoms with Gasteiger partial charge >= 0.3 is 0 Å². The maximum Gasteiger partial charge on any atom is 0.123 e. The van der Waals surface area contributed by atoms with E-state index in [0.717, 1.165) is 16.8 Å². The number of nitrogens with one attached hydrogen (secondary N) is 2. The minimum atomic E-state index is -0.359. The Labute approximate surface area is 161 Å². The minimum absolute atomic E-state index is 0.0963. The molecular formula is C22H18F2N4. The zero-order valence-electron chi connectivity index (χ0n) is 14.9. The number of benzene rings is 2. The second-order valence-electron chi connectivity index (χ2n) is 6.46. The van der Waals surface area contributed by atoms with Gasteiger partial charge in [-0.1, -0.05) is 18.2 Å². The number of nitrogens with two attached hydrogens (primary N) is 1. The number of hydrogen-bond acceptors (Lipinski definition) is 4. The van der Waals surface area contributed by atoms with E-state index in [0.29, 0.717) is 11.1 Å². The molecule has 0 spiro atoms. The lowest BCUT2D eigenvalue weighted by molar-refractivity contribution is 0.438. The maximum atomic E-state index is 13.7. The molecule has 4 N–H and O–H groups in total. The van der Waals surface area contributed by atoms with Crippen molar-refractivity contribution in [1.29, 1.82) is 5.41 Å². The topological polar surface area (TPSA) is 65.1 Å². The zero-order chi connectivity index (χ0) is 19.7. The standard InChI is InChI=1S/C22H18F2N4/c23-17-7-4-14(5-8-17)22(26)19(11-25)16-6-9-21-27-12-20(28(21)13-16)15-2-1-3-18(24)10-15/h1-13,21,26-27H,25H2/b19-11-,26-22?. The summed E-state index contributed by atoms with van der Waals surface area (Å²) < 4.78 is 26.8. The number of allylic oxidation sites excluding steroid dienone is 3. The van der Waals surface area contributed by atoms with E-state index >= 15 is 0 Å². The fraction of sp³-hybridized carbons (Fsp3) is 0.0455. The third kappa shape index (κ3) is 3.20. The lowest BCUT2D eigenvalue weighted by atomic mass is 9.95. The summed E-state index contributed by atoms with van der Waals surface area (Å²) >= 11 is 0. The second-order valence-corrected chi connectivity index (χ2v) is 6.46. The zero-order valence-corrected chi connectivity index (χ0v) is 14.9. The van der Waals surface area contributed by atoms with Crippen LogP contribution in [0.15, 0.2) is 90.4 Å². The van der Waals surface area contributed by atoms with Crippen LogP contribution in [0.2, 0.25) is 0 Å². The second kappa shape index (κ2) is 7.15. The van der Waals surface area contributed by atoms with Crippen molar-refractivity contribution in [3.63, 3.8) is 0 Å².